The highest BCUT2D eigenvalue weighted by molar-refractivity contribution is 7.47. The fourth-order valence-corrected chi connectivity index (χ4v) is 4.79. The molecule has 34 heavy (non-hydrogen) atoms. The van der Waals surface area contributed by atoms with Gasteiger partial charge in [0.15, 0.2) is 0 Å². The Morgan fingerprint density at radius 2 is 1.21 bits per heavy atom. The van der Waals surface area contributed by atoms with Gasteiger partial charge in [0.05, 0.1) is 6.61 Å². The zero-order valence-corrected chi connectivity index (χ0v) is 22.9. The zero-order valence-electron chi connectivity index (χ0n) is 22.0. The number of hydrogen-bond acceptors (Lipinski definition) is 3. The molecule has 1 aromatic rings. The van der Waals surface area contributed by atoms with Crippen LogP contribution in [0, 0.1) is 0 Å². The predicted molar refractivity (Wildman–Crippen MR) is 146 cm³/mol. The Kier molecular flexibility index (Phi) is 19.3. The van der Waals surface area contributed by atoms with Crippen molar-refractivity contribution in [2.75, 3.05) is 6.61 Å². The van der Waals surface area contributed by atoms with Crippen molar-refractivity contribution in [1.29, 1.82) is 0 Å². The van der Waals surface area contributed by atoms with E-state index in [1.807, 2.05) is 12.1 Å². The summed E-state index contributed by atoms with van der Waals surface area (Å²) in [6.45, 7) is 4.71. The van der Waals surface area contributed by atoms with Gasteiger partial charge in [-0.3, -0.25) is 9.42 Å². The van der Waals surface area contributed by atoms with E-state index in [1.165, 1.54) is 89.0 Å². The molecule has 1 unspecified atom stereocenters. The summed E-state index contributed by atoms with van der Waals surface area (Å²) in [6, 6.07) is 7.40. The van der Waals surface area contributed by atoms with Gasteiger partial charge in [-0.25, -0.2) is 4.57 Å². The molecule has 0 aliphatic heterocycles. The first-order valence-electron chi connectivity index (χ1n) is 14.0. The lowest BCUT2D eigenvalue weighted by Gasteiger charge is -2.13. The molecule has 5 heteroatoms. The Labute approximate surface area is 210 Å². The van der Waals surface area contributed by atoms with E-state index < -0.39 is 7.82 Å². The van der Waals surface area contributed by atoms with Crippen LogP contribution in [0.1, 0.15) is 129 Å². The van der Waals surface area contributed by atoms with Gasteiger partial charge in [0.2, 0.25) is 0 Å². The van der Waals surface area contributed by atoms with Crippen molar-refractivity contribution in [1.82, 2.24) is 0 Å². The summed E-state index contributed by atoms with van der Waals surface area (Å²) in [5.74, 6) is 0.381. The van der Waals surface area contributed by atoms with Gasteiger partial charge in [-0.2, -0.15) is 0 Å². The van der Waals surface area contributed by atoms with E-state index in [4.69, 9.17) is 9.05 Å². The minimum atomic E-state index is -4.05. The van der Waals surface area contributed by atoms with Gasteiger partial charge in [0, 0.05) is 0 Å². The van der Waals surface area contributed by atoms with Crippen molar-refractivity contribution >= 4 is 7.82 Å². The molecular weight excluding hydrogens is 443 g/mol. The molecule has 4 nitrogen and oxygen atoms in total. The molecule has 0 spiro atoms. The summed E-state index contributed by atoms with van der Waals surface area (Å²) in [5, 5.41) is 0. The second-order valence-electron chi connectivity index (χ2n) is 9.43. The van der Waals surface area contributed by atoms with Gasteiger partial charge in [0.25, 0.3) is 0 Å². The fourth-order valence-electron chi connectivity index (χ4n) is 3.99. The van der Waals surface area contributed by atoms with Crippen LogP contribution in [-0.4, -0.2) is 11.5 Å². The standard InChI is InChI=1S/C29H51O4P/c1-3-5-7-8-9-10-11-12-13-14-15-16-17-18-19-21-27-32-34(30,31)33-29-25-23-28(24-26-29)22-20-6-4-2/h12-13,23-26H,3-11,14-22,27H2,1-2H3,(H,30,31). The quantitative estimate of drug-likeness (QED) is 0.0934. The van der Waals surface area contributed by atoms with Crippen molar-refractivity contribution in [3.05, 3.63) is 42.0 Å². The lowest BCUT2D eigenvalue weighted by molar-refractivity contribution is 0.199. The molecular formula is C29H51O4P. The number of allylic oxidation sites excluding steroid dienone is 2. The topological polar surface area (TPSA) is 55.8 Å². The maximum Gasteiger partial charge on any atom is 0.527 e. The Morgan fingerprint density at radius 3 is 1.79 bits per heavy atom. The zero-order chi connectivity index (χ0) is 24.7. The van der Waals surface area contributed by atoms with Crippen LogP contribution in [0.4, 0.5) is 0 Å². The molecule has 1 aromatic carbocycles. The van der Waals surface area contributed by atoms with Crippen LogP contribution in [0.2, 0.25) is 0 Å². The minimum absolute atomic E-state index is 0.254. The smallest absolute Gasteiger partial charge is 0.404 e. The van der Waals surface area contributed by atoms with Crippen LogP contribution in [-0.2, 0) is 15.5 Å². The monoisotopic (exact) mass is 494 g/mol. The second kappa shape index (κ2) is 21.2. The molecule has 0 aromatic heterocycles. The first-order valence-corrected chi connectivity index (χ1v) is 15.5. The van der Waals surface area contributed by atoms with Crippen LogP contribution in [0.3, 0.4) is 0 Å². The molecule has 0 heterocycles. The first kappa shape index (κ1) is 30.9. The molecule has 0 saturated carbocycles. The molecule has 0 amide bonds. The molecule has 0 aliphatic rings. The predicted octanol–water partition coefficient (Wildman–Crippen LogP) is 9.95. The molecule has 0 bridgehead atoms. The summed E-state index contributed by atoms with van der Waals surface area (Å²) in [6.07, 6.45) is 26.6. The molecule has 1 rings (SSSR count). The third-order valence-corrected chi connectivity index (χ3v) is 7.07. The van der Waals surface area contributed by atoms with Gasteiger partial charge in [-0.1, -0.05) is 109 Å². The lowest BCUT2D eigenvalue weighted by Crippen LogP contribution is -1.99. The van der Waals surface area contributed by atoms with E-state index in [-0.39, 0.29) is 6.61 Å². The average molecular weight is 495 g/mol. The summed E-state index contributed by atoms with van der Waals surface area (Å²) >= 11 is 0. The van der Waals surface area contributed by atoms with Crippen LogP contribution in [0.5, 0.6) is 5.75 Å². The van der Waals surface area contributed by atoms with E-state index in [2.05, 4.69) is 26.0 Å². The van der Waals surface area contributed by atoms with Gasteiger partial charge in [-0.05, 0) is 62.6 Å². The van der Waals surface area contributed by atoms with Crippen molar-refractivity contribution in [3.8, 4) is 5.75 Å². The lowest BCUT2D eigenvalue weighted by atomic mass is 10.1. The Balaban J connectivity index is 1.97. The van der Waals surface area contributed by atoms with E-state index in [0.29, 0.717) is 5.75 Å². The van der Waals surface area contributed by atoms with Gasteiger partial charge in [-0.15, -0.1) is 0 Å². The van der Waals surface area contributed by atoms with Crippen LogP contribution < -0.4 is 4.52 Å². The maximum atomic E-state index is 12.1. The van der Waals surface area contributed by atoms with Crippen LogP contribution >= 0.6 is 7.82 Å². The number of hydrogen-bond donors (Lipinski definition) is 1. The Hall–Kier alpha value is -1.09. The average Bonchev–Trinajstić information content (AvgIpc) is 2.82. The number of benzene rings is 1. The third kappa shape index (κ3) is 18.3. The number of unbranched alkanes of at least 4 members (excludes halogenated alkanes) is 14. The highest BCUT2D eigenvalue weighted by Gasteiger charge is 2.22. The molecule has 0 fully saturated rings. The SMILES string of the molecule is CCCCCCCCC=CCCCCCCCCOP(=O)(O)Oc1ccc(CCCCC)cc1. The molecule has 1 atom stereocenters. The molecule has 196 valence electrons. The minimum Gasteiger partial charge on any atom is -0.404 e. The second-order valence-corrected chi connectivity index (χ2v) is 10.8. The highest BCUT2D eigenvalue weighted by atomic mass is 31.2. The van der Waals surface area contributed by atoms with Gasteiger partial charge in [0.1, 0.15) is 5.75 Å². The third-order valence-electron chi connectivity index (χ3n) is 6.12. The largest absolute Gasteiger partial charge is 0.527 e. The van der Waals surface area contributed by atoms with Crippen LogP contribution in [0.25, 0.3) is 0 Å². The summed E-state index contributed by atoms with van der Waals surface area (Å²) in [5.41, 5.74) is 1.22. The van der Waals surface area contributed by atoms with Gasteiger partial charge >= 0.3 is 7.82 Å². The van der Waals surface area contributed by atoms with E-state index >= 15 is 0 Å². The molecule has 1 N–H and O–H groups in total. The van der Waals surface area contributed by atoms with E-state index in [0.717, 1.165) is 32.1 Å². The fraction of sp³-hybridized carbons (Fsp3) is 0.724. The highest BCUT2D eigenvalue weighted by Crippen LogP contribution is 2.44. The van der Waals surface area contributed by atoms with Crippen LogP contribution in [0.15, 0.2) is 36.4 Å². The normalized spacial score (nSPS) is 13.4. The maximum absolute atomic E-state index is 12.1. The van der Waals surface area contributed by atoms with Crippen molar-refractivity contribution < 1.29 is 18.5 Å². The first-order chi connectivity index (χ1) is 16.6. The van der Waals surface area contributed by atoms with E-state index in [9.17, 15) is 9.46 Å². The van der Waals surface area contributed by atoms with Crippen molar-refractivity contribution in [2.45, 2.75) is 129 Å². The molecule has 0 aliphatic carbocycles. The molecule has 0 radical (unpaired) electrons. The Morgan fingerprint density at radius 1 is 0.706 bits per heavy atom. The summed E-state index contributed by atoms with van der Waals surface area (Å²) < 4.78 is 22.5. The summed E-state index contributed by atoms with van der Waals surface area (Å²) in [4.78, 5) is 9.94. The number of phosphoric ester groups is 1. The Bertz CT molecular complexity index is 657. The number of aryl methyl sites for hydroxylation is 1. The van der Waals surface area contributed by atoms with E-state index in [1.54, 1.807) is 12.1 Å². The van der Waals surface area contributed by atoms with Crippen molar-refractivity contribution in [3.63, 3.8) is 0 Å². The number of phosphoric acid groups is 1. The van der Waals surface area contributed by atoms with Crippen molar-refractivity contribution in [2.24, 2.45) is 0 Å². The molecule has 0 saturated heterocycles. The summed E-state index contributed by atoms with van der Waals surface area (Å²) in [7, 11) is -4.05. The van der Waals surface area contributed by atoms with Gasteiger partial charge < -0.3 is 4.52 Å². The number of rotatable bonds is 23.